The lowest BCUT2D eigenvalue weighted by molar-refractivity contribution is -0.118. The molecule has 2 rings (SSSR count). The predicted octanol–water partition coefficient (Wildman–Crippen LogP) is -0.0545. The molecule has 0 radical (unpaired) electrons. The van der Waals surface area contributed by atoms with Crippen LogP contribution < -0.4 is 17.0 Å². The molecule has 0 aliphatic heterocycles. The van der Waals surface area contributed by atoms with E-state index in [-0.39, 0.29) is 18.6 Å². The quantitative estimate of drug-likeness (QED) is 0.775. The van der Waals surface area contributed by atoms with Crippen LogP contribution in [0.15, 0.2) is 35.1 Å². The molecular formula is C12H13N3O2. The van der Waals surface area contributed by atoms with Gasteiger partial charge in [0.25, 0.3) is 5.56 Å². The van der Waals surface area contributed by atoms with Gasteiger partial charge in [-0.15, -0.1) is 0 Å². The zero-order valence-corrected chi connectivity index (χ0v) is 9.22. The first-order valence-corrected chi connectivity index (χ1v) is 5.23. The van der Waals surface area contributed by atoms with Crippen molar-refractivity contribution in [3.05, 3.63) is 46.2 Å². The molecule has 0 atom stereocenters. The van der Waals surface area contributed by atoms with E-state index in [0.29, 0.717) is 11.1 Å². The molecule has 0 saturated heterocycles. The van der Waals surface area contributed by atoms with Crippen molar-refractivity contribution in [2.75, 3.05) is 0 Å². The second-order valence-corrected chi connectivity index (χ2v) is 3.79. The van der Waals surface area contributed by atoms with E-state index in [1.54, 1.807) is 18.2 Å². The largest absolute Gasteiger partial charge is 0.368 e. The second kappa shape index (κ2) is 4.39. The van der Waals surface area contributed by atoms with E-state index in [1.165, 1.54) is 4.57 Å². The van der Waals surface area contributed by atoms with E-state index in [9.17, 15) is 9.59 Å². The van der Waals surface area contributed by atoms with Gasteiger partial charge in [0, 0.05) is 12.1 Å². The van der Waals surface area contributed by atoms with Crippen molar-refractivity contribution < 1.29 is 4.79 Å². The summed E-state index contributed by atoms with van der Waals surface area (Å²) in [4.78, 5) is 23.0. The van der Waals surface area contributed by atoms with Gasteiger partial charge in [0.15, 0.2) is 0 Å². The van der Waals surface area contributed by atoms with Gasteiger partial charge in [-0.05, 0) is 17.5 Å². The number of amides is 1. The first kappa shape index (κ1) is 11.3. The van der Waals surface area contributed by atoms with E-state index in [4.69, 9.17) is 11.5 Å². The minimum atomic E-state index is -0.550. The summed E-state index contributed by atoms with van der Waals surface area (Å²) >= 11 is 0. The first-order valence-electron chi connectivity index (χ1n) is 5.23. The maximum Gasteiger partial charge on any atom is 0.256 e. The lowest BCUT2D eigenvalue weighted by Crippen LogP contribution is -2.31. The minimum absolute atomic E-state index is 0.132. The summed E-state index contributed by atoms with van der Waals surface area (Å²) in [6, 6.07) is 9.06. The van der Waals surface area contributed by atoms with Gasteiger partial charge in [-0.3, -0.25) is 14.2 Å². The SMILES string of the molecule is NCc1cc2ccccc2n(CC(N)=O)c1=O. The van der Waals surface area contributed by atoms with Crippen molar-refractivity contribution in [1.82, 2.24) is 4.57 Å². The number of carbonyl (C=O) groups excluding carboxylic acids is 1. The van der Waals surface area contributed by atoms with E-state index in [0.717, 1.165) is 5.39 Å². The average molecular weight is 231 g/mol. The molecule has 0 aliphatic rings. The molecule has 0 aliphatic carbocycles. The number of nitrogens with zero attached hydrogens (tertiary/aromatic N) is 1. The van der Waals surface area contributed by atoms with Crippen LogP contribution in [0.25, 0.3) is 10.9 Å². The van der Waals surface area contributed by atoms with E-state index in [1.807, 2.05) is 12.1 Å². The molecule has 1 aromatic carbocycles. The summed E-state index contributed by atoms with van der Waals surface area (Å²) in [5, 5.41) is 0.869. The predicted molar refractivity (Wildman–Crippen MR) is 65.3 cm³/mol. The molecule has 0 bridgehead atoms. The number of para-hydroxylation sites is 1. The Morgan fingerprint density at radius 1 is 1.29 bits per heavy atom. The highest BCUT2D eigenvalue weighted by atomic mass is 16.2. The van der Waals surface area contributed by atoms with Crippen LogP contribution in [-0.2, 0) is 17.9 Å². The Hall–Kier alpha value is -2.14. The Bertz CT molecular complexity index is 631. The highest BCUT2D eigenvalue weighted by Crippen LogP contribution is 2.12. The van der Waals surface area contributed by atoms with Gasteiger partial charge in [0.05, 0.1) is 5.52 Å². The van der Waals surface area contributed by atoms with E-state index >= 15 is 0 Å². The zero-order valence-electron chi connectivity index (χ0n) is 9.22. The fourth-order valence-electron chi connectivity index (χ4n) is 1.85. The Morgan fingerprint density at radius 2 is 2.00 bits per heavy atom. The Balaban J connectivity index is 2.80. The smallest absolute Gasteiger partial charge is 0.256 e. The number of carbonyl (C=O) groups is 1. The Kier molecular flexibility index (Phi) is 2.93. The van der Waals surface area contributed by atoms with E-state index in [2.05, 4.69) is 0 Å². The maximum atomic E-state index is 12.0. The van der Waals surface area contributed by atoms with E-state index < -0.39 is 5.91 Å². The highest BCUT2D eigenvalue weighted by molar-refractivity contribution is 5.82. The summed E-state index contributed by atoms with van der Waals surface area (Å²) in [7, 11) is 0. The fourth-order valence-corrected chi connectivity index (χ4v) is 1.85. The third kappa shape index (κ3) is 2.05. The number of nitrogens with two attached hydrogens (primary N) is 2. The lowest BCUT2D eigenvalue weighted by Gasteiger charge is -2.10. The standard InChI is InChI=1S/C12H13N3O2/c13-6-9-5-8-3-1-2-4-10(8)15(12(9)17)7-11(14)16/h1-5H,6-7,13H2,(H2,14,16). The van der Waals surface area contributed by atoms with Gasteiger partial charge >= 0.3 is 0 Å². The van der Waals surface area contributed by atoms with Crippen LogP contribution in [0.3, 0.4) is 0 Å². The van der Waals surface area contributed by atoms with Crippen LogP contribution >= 0.6 is 0 Å². The minimum Gasteiger partial charge on any atom is -0.368 e. The number of benzene rings is 1. The van der Waals surface area contributed by atoms with Crippen molar-refractivity contribution in [3.63, 3.8) is 0 Å². The summed E-state index contributed by atoms with van der Waals surface area (Å²) < 4.78 is 1.36. The van der Waals surface area contributed by atoms with Crippen LogP contribution in [0.2, 0.25) is 0 Å². The van der Waals surface area contributed by atoms with Gasteiger partial charge in [-0.1, -0.05) is 18.2 Å². The number of fused-ring (bicyclic) bond motifs is 1. The van der Waals surface area contributed by atoms with Crippen LogP contribution in [0.4, 0.5) is 0 Å². The molecule has 4 N–H and O–H groups in total. The van der Waals surface area contributed by atoms with Gasteiger partial charge in [0.1, 0.15) is 6.54 Å². The normalized spacial score (nSPS) is 10.6. The number of hydrogen-bond acceptors (Lipinski definition) is 3. The molecule has 2 aromatic rings. The third-order valence-corrected chi connectivity index (χ3v) is 2.61. The van der Waals surface area contributed by atoms with Crippen LogP contribution in [0, 0.1) is 0 Å². The molecular weight excluding hydrogens is 218 g/mol. The van der Waals surface area contributed by atoms with Crippen LogP contribution in [0.5, 0.6) is 0 Å². The van der Waals surface area contributed by atoms with Gasteiger partial charge in [0.2, 0.25) is 5.91 Å². The zero-order chi connectivity index (χ0) is 12.4. The third-order valence-electron chi connectivity index (χ3n) is 2.61. The number of primary amides is 1. The van der Waals surface area contributed by atoms with Crippen molar-refractivity contribution in [2.45, 2.75) is 13.1 Å². The van der Waals surface area contributed by atoms with Crippen molar-refractivity contribution in [2.24, 2.45) is 11.5 Å². The lowest BCUT2D eigenvalue weighted by atomic mass is 10.1. The Morgan fingerprint density at radius 3 is 2.65 bits per heavy atom. The number of aromatic nitrogens is 1. The van der Waals surface area contributed by atoms with Crippen LogP contribution in [-0.4, -0.2) is 10.5 Å². The highest BCUT2D eigenvalue weighted by Gasteiger charge is 2.09. The molecule has 0 fully saturated rings. The first-order chi connectivity index (χ1) is 8.13. The van der Waals surface area contributed by atoms with Crippen molar-refractivity contribution >= 4 is 16.8 Å². The molecule has 0 saturated carbocycles. The topological polar surface area (TPSA) is 91.1 Å². The summed E-state index contributed by atoms with van der Waals surface area (Å²) in [5.41, 5.74) is 11.6. The summed E-state index contributed by atoms with van der Waals surface area (Å²) in [5.74, 6) is -0.550. The second-order valence-electron chi connectivity index (χ2n) is 3.79. The molecule has 5 nitrogen and oxygen atoms in total. The molecule has 5 heteroatoms. The van der Waals surface area contributed by atoms with Gasteiger partial charge < -0.3 is 11.5 Å². The molecule has 1 amide bonds. The Labute approximate surface area is 97.6 Å². The summed E-state index contributed by atoms with van der Waals surface area (Å²) in [6.45, 7) is 0.00954. The molecule has 0 spiro atoms. The fraction of sp³-hybridized carbons (Fsp3) is 0.167. The molecule has 1 heterocycles. The molecule has 1 aromatic heterocycles. The summed E-state index contributed by atoms with van der Waals surface area (Å²) in [6.07, 6.45) is 0. The van der Waals surface area contributed by atoms with Crippen molar-refractivity contribution in [1.29, 1.82) is 0 Å². The van der Waals surface area contributed by atoms with Gasteiger partial charge in [-0.2, -0.15) is 0 Å². The molecule has 88 valence electrons. The maximum absolute atomic E-state index is 12.0. The monoisotopic (exact) mass is 231 g/mol. The average Bonchev–Trinajstić information content (AvgIpc) is 2.32. The van der Waals surface area contributed by atoms with Crippen LogP contribution in [0.1, 0.15) is 5.56 Å². The van der Waals surface area contributed by atoms with Gasteiger partial charge in [-0.25, -0.2) is 0 Å². The number of pyridine rings is 1. The number of hydrogen-bond donors (Lipinski definition) is 2. The van der Waals surface area contributed by atoms with Crippen molar-refractivity contribution in [3.8, 4) is 0 Å². The molecule has 0 unspecified atom stereocenters. The number of rotatable bonds is 3. The molecule has 17 heavy (non-hydrogen) atoms.